The summed E-state index contributed by atoms with van der Waals surface area (Å²) in [4.78, 5) is 10.1. The zero-order chi connectivity index (χ0) is 13.7. The van der Waals surface area contributed by atoms with E-state index in [1.165, 1.54) is 6.42 Å². The van der Waals surface area contributed by atoms with Gasteiger partial charge in [-0.2, -0.15) is 0 Å². The van der Waals surface area contributed by atoms with Crippen LogP contribution in [-0.4, -0.2) is 29.8 Å². The molecule has 6 nitrogen and oxygen atoms in total. The molecule has 0 aliphatic carbocycles. The third-order valence-electron chi connectivity index (χ3n) is 2.18. The second-order valence-corrected chi connectivity index (χ2v) is 4.04. The van der Waals surface area contributed by atoms with Crippen LogP contribution in [0, 0.1) is 0 Å². The summed E-state index contributed by atoms with van der Waals surface area (Å²) in [6.07, 6.45) is 5.36. The fourth-order valence-electron chi connectivity index (χ4n) is 1.07. The van der Waals surface area contributed by atoms with Gasteiger partial charge in [0.1, 0.15) is 6.04 Å². The first-order chi connectivity index (χ1) is 7.95. The van der Waals surface area contributed by atoms with E-state index in [4.69, 9.17) is 28.0 Å². The van der Waals surface area contributed by atoms with E-state index in [0.29, 0.717) is 13.0 Å². The van der Waals surface area contributed by atoms with Gasteiger partial charge in [-0.25, -0.2) is 0 Å². The molecule has 0 unspecified atom stereocenters. The van der Waals surface area contributed by atoms with Gasteiger partial charge in [0.15, 0.2) is 0 Å². The summed E-state index contributed by atoms with van der Waals surface area (Å²) in [7, 11) is 0. The fourth-order valence-corrected chi connectivity index (χ4v) is 1.07. The molecule has 0 spiro atoms. The molecular weight excluding hydrogens is 220 g/mol. The molecule has 0 aromatic rings. The lowest BCUT2D eigenvalue weighted by Gasteiger charge is -2.03. The van der Waals surface area contributed by atoms with E-state index in [9.17, 15) is 4.79 Å². The second-order valence-electron chi connectivity index (χ2n) is 4.04. The zero-order valence-corrected chi connectivity index (χ0v) is 10.8. The van der Waals surface area contributed by atoms with Crippen LogP contribution in [0.4, 0.5) is 0 Å². The summed E-state index contributed by atoms with van der Waals surface area (Å²) in [6.45, 7) is 2.73. The molecule has 0 radical (unpaired) electrons. The first kappa shape index (κ1) is 18.7. The van der Waals surface area contributed by atoms with Gasteiger partial charge in [-0.3, -0.25) is 4.79 Å². The van der Waals surface area contributed by atoms with Crippen LogP contribution in [0.15, 0.2) is 0 Å². The molecule has 0 aliphatic heterocycles. The molecule has 0 aromatic carbocycles. The minimum atomic E-state index is -0.933. The van der Waals surface area contributed by atoms with E-state index in [0.717, 1.165) is 25.7 Å². The van der Waals surface area contributed by atoms with Crippen molar-refractivity contribution in [3.05, 3.63) is 0 Å². The number of hydrogen-bond acceptors (Lipinski definition) is 5. The number of carbonyl (C=O) groups is 1. The van der Waals surface area contributed by atoms with Gasteiger partial charge in [-0.05, 0) is 25.8 Å². The number of unbranched alkanes of at least 4 members (excludes halogenated alkanes) is 2. The van der Waals surface area contributed by atoms with Crippen LogP contribution >= 0.6 is 0 Å². The quantitative estimate of drug-likeness (QED) is 0.301. The van der Waals surface area contributed by atoms with Crippen molar-refractivity contribution in [2.75, 3.05) is 6.54 Å². The SMILES string of the molecule is CCCCC(N)N.NCCCC[C@H](N)C(=O)O. The maximum absolute atomic E-state index is 10.1. The lowest BCUT2D eigenvalue weighted by Crippen LogP contribution is -2.29. The summed E-state index contributed by atoms with van der Waals surface area (Å²) in [5, 5.41) is 8.33. The Bertz CT molecular complexity index is 177. The van der Waals surface area contributed by atoms with Crippen LogP contribution in [-0.2, 0) is 4.79 Å². The van der Waals surface area contributed by atoms with Crippen LogP contribution in [0.3, 0.4) is 0 Å². The van der Waals surface area contributed by atoms with Gasteiger partial charge in [0.2, 0.25) is 0 Å². The van der Waals surface area contributed by atoms with Crippen molar-refractivity contribution in [3.8, 4) is 0 Å². The smallest absolute Gasteiger partial charge is 0.320 e. The number of hydrogen-bond donors (Lipinski definition) is 5. The van der Waals surface area contributed by atoms with E-state index in [2.05, 4.69) is 6.92 Å². The number of nitrogens with two attached hydrogens (primary N) is 4. The average molecular weight is 248 g/mol. The van der Waals surface area contributed by atoms with Crippen molar-refractivity contribution >= 4 is 5.97 Å². The van der Waals surface area contributed by atoms with E-state index < -0.39 is 12.0 Å². The van der Waals surface area contributed by atoms with Crippen LogP contribution in [0.25, 0.3) is 0 Å². The Morgan fingerprint density at radius 3 is 2.00 bits per heavy atom. The minimum Gasteiger partial charge on any atom is -0.480 e. The number of carboxylic acids is 1. The van der Waals surface area contributed by atoms with Crippen molar-refractivity contribution in [1.29, 1.82) is 0 Å². The first-order valence-corrected chi connectivity index (χ1v) is 6.15. The Morgan fingerprint density at radius 2 is 1.71 bits per heavy atom. The maximum Gasteiger partial charge on any atom is 0.320 e. The summed E-state index contributed by atoms with van der Waals surface area (Å²) >= 11 is 0. The summed E-state index contributed by atoms with van der Waals surface area (Å²) in [5.41, 5.74) is 20.9. The monoisotopic (exact) mass is 248 g/mol. The standard InChI is InChI=1S/C6H14N2O2.C5H14N2/c7-4-2-1-3-5(8)6(9)10;1-2-3-4-5(6)7/h5H,1-4,7-8H2,(H,9,10);5H,2-4,6-7H2,1H3/t5-;/m0./s1. The molecule has 1 atom stereocenters. The highest BCUT2D eigenvalue weighted by Crippen LogP contribution is 1.97. The van der Waals surface area contributed by atoms with E-state index in [1.54, 1.807) is 0 Å². The molecule has 0 fully saturated rings. The molecule has 0 heterocycles. The van der Waals surface area contributed by atoms with Crippen LogP contribution < -0.4 is 22.9 Å². The number of carboxylic acid groups (broad SMARTS) is 1. The van der Waals surface area contributed by atoms with Gasteiger partial charge in [-0.1, -0.05) is 26.2 Å². The predicted molar refractivity (Wildman–Crippen MR) is 70.2 cm³/mol. The van der Waals surface area contributed by atoms with Crippen molar-refractivity contribution in [2.45, 2.75) is 57.7 Å². The summed E-state index contributed by atoms with van der Waals surface area (Å²) in [6, 6.07) is -0.716. The van der Waals surface area contributed by atoms with Crippen molar-refractivity contribution in [2.24, 2.45) is 22.9 Å². The van der Waals surface area contributed by atoms with Crippen LogP contribution in [0.1, 0.15) is 45.4 Å². The average Bonchev–Trinajstić information content (AvgIpc) is 2.27. The molecule has 0 amide bonds. The van der Waals surface area contributed by atoms with Gasteiger partial charge in [0.05, 0.1) is 6.17 Å². The molecular formula is C11H28N4O2. The largest absolute Gasteiger partial charge is 0.480 e. The molecule has 0 bridgehead atoms. The number of rotatable bonds is 8. The van der Waals surface area contributed by atoms with Gasteiger partial charge in [0, 0.05) is 0 Å². The molecule has 17 heavy (non-hydrogen) atoms. The molecule has 0 saturated heterocycles. The fraction of sp³-hybridized carbons (Fsp3) is 0.909. The minimum absolute atomic E-state index is 0.0973. The Labute approximate surface area is 104 Å². The molecule has 6 heteroatoms. The third-order valence-corrected chi connectivity index (χ3v) is 2.18. The van der Waals surface area contributed by atoms with Gasteiger partial charge in [0.25, 0.3) is 0 Å². The van der Waals surface area contributed by atoms with Crippen LogP contribution in [0.2, 0.25) is 0 Å². The Hall–Kier alpha value is -0.690. The van der Waals surface area contributed by atoms with E-state index >= 15 is 0 Å². The second kappa shape index (κ2) is 13.4. The summed E-state index contributed by atoms with van der Waals surface area (Å²) < 4.78 is 0. The lowest BCUT2D eigenvalue weighted by atomic mass is 10.1. The number of aliphatic carboxylic acids is 1. The molecule has 0 rings (SSSR count). The Kier molecular flexibility index (Phi) is 14.7. The van der Waals surface area contributed by atoms with E-state index in [1.807, 2.05) is 0 Å². The summed E-state index contributed by atoms with van der Waals surface area (Å²) in [5.74, 6) is -0.933. The van der Waals surface area contributed by atoms with E-state index in [-0.39, 0.29) is 6.17 Å². The van der Waals surface area contributed by atoms with Gasteiger partial charge < -0.3 is 28.0 Å². The third kappa shape index (κ3) is 17.9. The van der Waals surface area contributed by atoms with Crippen molar-refractivity contribution in [1.82, 2.24) is 0 Å². The normalized spacial score (nSPS) is 11.9. The van der Waals surface area contributed by atoms with Crippen molar-refractivity contribution < 1.29 is 9.90 Å². The molecule has 0 aromatic heterocycles. The zero-order valence-electron chi connectivity index (χ0n) is 10.8. The molecule has 0 aliphatic rings. The topological polar surface area (TPSA) is 141 Å². The maximum atomic E-state index is 10.1. The first-order valence-electron chi connectivity index (χ1n) is 6.15. The highest BCUT2D eigenvalue weighted by Gasteiger charge is 2.09. The van der Waals surface area contributed by atoms with Crippen molar-refractivity contribution in [3.63, 3.8) is 0 Å². The molecule has 104 valence electrons. The van der Waals surface area contributed by atoms with Gasteiger partial charge in [-0.15, -0.1) is 0 Å². The highest BCUT2D eigenvalue weighted by atomic mass is 16.4. The Balaban J connectivity index is 0. The van der Waals surface area contributed by atoms with Gasteiger partial charge >= 0.3 is 5.97 Å². The molecule has 0 saturated carbocycles. The predicted octanol–water partition coefficient (Wildman–Crippen LogP) is -0.0526. The molecule has 9 N–H and O–H groups in total. The lowest BCUT2D eigenvalue weighted by molar-refractivity contribution is -0.138. The highest BCUT2D eigenvalue weighted by molar-refractivity contribution is 5.72. The Morgan fingerprint density at radius 1 is 1.12 bits per heavy atom. The van der Waals surface area contributed by atoms with Crippen LogP contribution in [0.5, 0.6) is 0 Å².